The molecule has 182 valence electrons. The summed E-state index contributed by atoms with van der Waals surface area (Å²) in [7, 11) is 0. The maximum absolute atomic E-state index is 13.5. The summed E-state index contributed by atoms with van der Waals surface area (Å²) in [6, 6.07) is 17.7. The maximum atomic E-state index is 13.5. The first-order valence-corrected chi connectivity index (χ1v) is 11.4. The van der Waals surface area contributed by atoms with Crippen molar-refractivity contribution in [1.82, 2.24) is 24.6 Å². The Kier molecular flexibility index (Phi) is 6.31. The predicted molar refractivity (Wildman–Crippen MR) is 133 cm³/mol. The molecule has 0 aliphatic carbocycles. The van der Waals surface area contributed by atoms with Gasteiger partial charge in [-0.3, -0.25) is 4.98 Å². The third kappa shape index (κ3) is 5.02. The molecule has 0 aliphatic rings. The third-order valence-corrected chi connectivity index (χ3v) is 5.69. The number of nitrogens with one attached hydrogen (secondary N) is 2. The number of rotatable bonds is 7. The number of aromatic amines is 1. The summed E-state index contributed by atoms with van der Waals surface area (Å²) in [5, 5.41) is 28.0. The van der Waals surface area contributed by atoms with Gasteiger partial charge in [-0.05, 0) is 42.7 Å². The molecule has 1 atom stereocenters. The molecule has 0 aliphatic heterocycles. The second kappa shape index (κ2) is 9.87. The maximum Gasteiger partial charge on any atom is 0.251 e. The highest BCUT2D eigenvalue weighted by atomic mass is 19.1. The van der Waals surface area contributed by atoms with Crippen LogP contribution in [-0.4, -0.2) is 41.3 Å². The van der Waals surface area contributed by atoms with Gasteiger partial charge in [-0.15, -0.1) is 0 Å². The van der Waals surface area contributed by atoms with Crippen molar-refractivity contribution in [3.8, 4) is 11.8 Å². The van der Waals surface area contributed by atoms with Crippen molar-refractivity contribution < 1.29 is 14.6 Å². The molecule has 0 bridgehead atoms. The van der Waals surface area contributed by atoms with E-state index in [2.05, 4.69) is 30.4 Å². The van der Waals surface area contributed by atoms with Crippen molar-refractivity contribution in [3.63, 3.8) is 0 Å². The van der Waals surface area contributed by atoms with Crippen LogP contribution in [0.25, 0.3) is 11.7 Å². The lowest BCUT2D eigenvalue weighted by Gasteiger charge is -2.14. The van der Waals surface area contributed by atoms with Crippen LogP contribution in [0.1, 0.15) is 29.7 Å². The fourth-order valence-electron chi connectivity index (χ4n) is 3.87. The van der Waals surface area contributed by atoms with Gasteiger partial charge in [-0.2, -0.15) is 19.6 Å². The number of halogens is 1. The van der Waals surface area contributed by atoms with Crippen molar-refractivity contribution in [2.45, 2.75) is 19.4 Å². The number of aromatic hydroxyl groups is 2. The zero-order chi connectivity index (χ0) is 25.1. The van der Waals surface area contributed by atoms with Crippen LogP contribution in [0.15, 0.2) is 71.9 Å². The molecule has 3 heterocycles. The predicted octanol–water partition coefficient (Wildman–Crippen LogP) is 2.87. The second-order valence-corrected chi connectivity index (χ2v) is 8.32. The van der Waals surface area contributed by atoms with E-state index in [4.69, 9.17) is 0 Å². The van der Waals surface area contributed by atoms with Gasteiger partial charge in [0.05, 0.1) is 12.2 Å². The number of aromatic nitrogens is 5. The van der Waals surface area contributed by atoms with Gasteiger partial charge in [0.25, 0.3) is 5.62 Å². The summed E-state index contributed by atoms with van der Waals surface area (Å²) in [6.07, 6.45) is 3.77. The minimum Gasteiger partial charge on any atom is -0.494 e. The minimum absolute atomic E-state index is 0.0742. The summed E-state index contributed by atoms with van der Waals surface area (Å²) in [4.78, 5) is 16.3. The Balaban J connectivity index is 1.56. The fraction of sp³-hybridized carbons (Fsp3) is 0.154. The lowest BCUT2D eigenvalue weighted by atomic mass is 10.1. The normalized spacial score (nSPS) is 13.4. The van der Waals surface area contributed by atoms with Gasteiger partial charge in [0, 0.05) is 23.4 Å². The number of hydrogen-bond donors (Lipinski definition) is 4. The van der Waals surface area contributed by atoms with Gasteiger partial charge in [0.15, 0.2) is 17.4 Å². The fourth-order valence-corrected chi connectivity index (χ4v) is 3.87. The van der Waals surface area contributed by atoms with Crippen LogP contribution in [0.3, 0.4) is 0 Å². The largest absolute Gasteiger partial charge is 0.494 e. The molecule has 2 aromatic carbocycles. The summed E-state index contributed by atoms with van der Waals surface area (Å²) in [5.74, 6) is -0.252. The molecule has 0 saturated heterocycles. The highest BCUT2D eigenvalue weighted by Gasteiger charge is 2.12. The number of anilines is 1. The highest BCUT2D eigenvalue weighted by molar-refractivity contribution is 5.61. The average Bonchev–Trinajstić information content (AvgIpc) is 3.41. The number of fused-ring (bicyclic) bond motifs is 1. The van der Waals surface area contributed by atoms with E-state index < -0.39 is 0 Å². The average molecular weight is 486 g/mol. The quantitative estimate of drug-likeness (QED) is 0.281. The molecule has 5 rings (SSSR count). The molecule has 36 heavy (non-hydrogen) atoms. The SMILES string of the molecule is CC(Nc1nc(=NCCc2cccc(F)c2)n2ncc(=Cc3cc(O)[nH]c3O)c2n1)c1ccccc1. The molecule has 3 aromatic heterocycles. The van der Waals surface area contributed by atoms with Gasteiger partial charge in [0.1, 0.15) is 5.82 Å². The van der Waals surface area contributed by atoms with Crippen LogP contribution in [0, 0.1) is 5.82 Å². The summed E-state index contributed by atoms with van der Waals surface area (Å²) in [5.41, 5.74) is 3.09. The van der Waals surface area contributed by atoms with Crippen LogP contribution in [0.5, 0.6) is 11.8 Å². The Morgan fingerprint density at radius 3 is 2.69 bits per heavy atom. The van der Waals surface area contributed by atoms with Crippen LogP contribution in [0.4, 0.5) is 10.3 Å². The first-order valence-electron chi connectivity index (χ1n) is 11.4. The highest BCUT2D eigenvalue weighted by Crippen LogP contribution is 2.22. The summed E-state index contributed by atoms with van der Waals surface area (Å²) in [6.45, 7) is 2.38. The first-order chi connectivity index (χ1) is 17.5. The van der Waals surface area contributed by atoms with Gasteiger partial charge < -0.3 is 15.5 Å². The Morgan fingerprint density at radius 2 is 1.94 bits per heavy atom. The Labute approximate surface area is 205 Å². The van der Waals surface area contributed by atoms with Gasteiger partial charge >= 0.3 is 0 Å². The van der Waals surface area contributed by atoms with Gasteiger partial charge in [-0.1, -0.05) is 42.5 Å². The lowest BCUT2D eigenvalue weighted by Crippen LogP contribution is -2.25. The Morgan fingerprint density at radius 1 is 1.11 bits per heavy atom. The number of hydrogen-bond acceptors (Lipinski definition) is 7. The van der Waals surface area contributed by atoms with Crippen molar-refractivity contribution in [2.75, 3.05) is 11.9 Å². The van der Waals surface area contributed by atoms with Crippen molar-refractivity contribution in [3.05, 3.63) is 100 Å². The molecule has 5 aromatic rings. The molecule has 0 amide bonds. The van der Waals surface area contributed by atoms with Crippen molar-refractivity contribution in [1.29, 1.82) is 0 Å². The molecule has 0 spiro atoms. The zero-order valence-corrected chi connectivity index (χ0v) is 19.4. The topological polar surface area (TPSA) is 124 Å². The molecular weight excluding hydrogens is 461 g/mol. The van der Waals surface area contributed by atoms with Crippen molar-refractivity contribution >= 4 is 17.7 Å². The van der Waals surface area contributed by atoms with Gasteiger partial charge in [0.2, 0.25) is 5.95 Å². The summed E-state index contributed by atoms with van der Waals surface area (Å²) >= 11 is 0. The minimum atomic E-state index is -0.287. The van der Waals surface area contributed by atoms with Crippen LogP contribution in [0.2, 0.25) is 0 Å². The summed E-state index contributed by atoms with van der Waals surface area (Å²) < 4.78 is 15.1. The number of H-pyrrole nitrogens is 1. The van der Waals surface area contributed by atoms with E-state index in [1.165, 1.54) is 22.7 Å². The first kappa shape index (κ1) is 23.0. The Hall–Kier alpha value is -4.73. The molecule has 0 fully saturated rings. The van der Waals surface area contributed by atoms with Crippen LogP contribution < -0.4 is 16.2 Å². The van der Waals surface area contributed by atoms with E-state index in [9.17, 15) is 14.6 Å². The molecule has 0 radical (unpaired) electrons. The van der Waals surface area contributed by atoms with Gasteiger partial charge in [-0.25, -0.2) is 9.38 Å². The van der Waals surface area contributed by atoms with E-state index in [-0.39, 0.29) is 23.6 Å². The zero-order valence-electron chi connectivity index (χ0n) is 19.4. The third-order valence-electron chi connectivity index (χ3n) is 5.69. The molecule has 10 heteroatoms. The number of benzene rings is 2. The van der Waals surface area contributed by atoms with E-state index in [1.54, 1.807) is 18.3 Å². The standard InChI is InChI=1S/C26H24FN7O2/c1-16(18-7-3-2-4-8-18)30-25-32-23-20(13-19-14-22(35)31-24(19)36)15-29-34(23)26(33-25)28-11-10-17-6-5-9-21(27)12-17/h2-9,12-16,31,35-36H,10-11H2,1H3,(H,28,30,33). The van der Waals surface area contributed by atoms with Crippen LogP contribution >= 0.6 is 0 Å². The van der Waals surface area contributed by atoms with E-state index in [1.807, 2.05) is 43.3 Å². The smallest absolute Gasteiger partial charge is 0.251 e. The monoisotopic (exact) mass is 485 g/mol. The number of nitrogens with zero attached hydrogens (tertiary/aromatic N) is 5. The second-order valence-electron chi connectivity index (χ2n) is 8.32. The molecule has 4 N–H and O–H groups in total. The lowest BCUT2D eigenvalue weighted by molar-refractivity contribution is 0.425. The van der Waals surface area contributed by atoms with E-state index in [0.29, 0.717) is 41.0 Å². The van der Waals surface area contributed by atoms with E-state index >= 15 is 0 Å². The van der Waals surface area contributed by atoms with Crippen LogP contribution in [-0.2, 0) is 6.42 Å². The van der Waals surface area contributed by atoms with Crippen molar-refractivity contribution in [2.24, 2.45) is 4.99 Å². The van der Waals surface area contributed by atoms with E-state index in [0.717, 1.165) is 11.1 Å². The Bertz CT molecular complexity index is 1630. The molecule has 9 nitrogen and oxygen atoms in total. The molecule has 0 saturated carbocycles. The molecular formula is C26H24FN7O2. The molecule has 1 unspecified atom stereocenters.